The summed E-state index contributed by atoms with van der Waals surface area (Å²) in [5.41, 5.74) is 3.05. The number of fused-ring (bicyclic) bond motifs is 1. The third-order valence-electron chi connectivity index (χ3n) is 6.06. The molecule has 1 N–H and O–H groups in total. The number of amides is 1. The number of hydrogen-bond donors (Lipinski definition) is 1. The molecule has 1 unspecified atom stereocenters. The Bertz CT molecular complexity index is 1210. The van der Waals surface area contributed by atoms with Crippen molar-refractivity contribution < 1.29 is 22.7 Å². The normalized spacial score (nSPS) is 18.0. The van der Waals surface area contributed by atoms with E-state index in [1.807, 2.05) is 26.0 Å². The summed E-state index contributed by atoms with van der Waals surface area (Å²) in [7, 11) is -2.78. The summed E-state index contributed by atoms with van der Waals surface area (Å²) < 4.78 is 34.2. The number of nitrogens with zero attached hydrogens (tertiary/aromatic N) is 1. The molecule has 9 heteroatoms. The van der Waals surface area contributed by atoms with Crippen LogP contribution in [0.1, 0.15) is 51.2 Å². The molecule has 0 bridgehead atoms. The monoisotopic (exact) mass is 488 g/mol. The molecule has 4 rings (SSSR count). The minimum Gasteiger partial charge on any atom is -0.465 e. The van der Waals surface area contributed by atoms with Crippen LogP contribution in [0.4, 0.5) is 5.69 Å². The van der Waals surface area contributed by atoms with Crippen LogP contribution in [-0.2, 0) is 32.5 Å². The van der Waals surface area contributed by atoms with Crippen molar-refractivity contribution in [2.75, 3.05) is 18.4 Å². The van der Waals surface area contributed by atoms with E-state index in [2.05, 4.69) is 10.8 Å². The second-order valence-electron chi connectivity index (χ2n) is 8.63. The number of aryl methyl sites for hydroxylation is 2. The molecule has 1 aliphatic carbocycles. The van der Waals surface area contributed by atoms with Crippen LogP contribution in [0.15, 0.2) is 34.6 Å². The van der Waals surface area contributed by atoms with Crippen molar-refractivity contribution in [2.24, 2.45) is 5.92 Å². The molecule has 0 fully saturated rings. The number of nitrogens with one attached hydrogen (secondary N) is 1. The molecule has 7 nitrogen and oxygen atoms in total. The van der Waals surface area contributed by atoms with Crippen LogP contribution in [0, 0.1) is 19.8 Å². The molecule has 33 heavy (non-hydrogen) atoms. The Morgan fingerprint density at radius 2 is 1.88 bits per heavy atom. The van der Waals surface area contributed by atoms with Gasteiger partial charge in [-0.05, 0) is 68.4 Å². The molecule has 2 heterocycles. The third-order valence-corrected chi connectivity index (χ3v) is 9.18. The van der Waals surface area contributed by atoms with Gasteiger partial charge in [-0.1, -0.05) is 18.2 Å². The summed E-state index contributed by atoms with van der Waals surface area (Å²) in [6.07, 6.45) is 7.03. The number of anilines is 1. The SMILES string of the molecule is COC(=O)c1c(S(=O)(=O)Nc2cc(C)cc(C)c2)sc2c1CCN(C(=O)C1CC=CCC1)C2. The summed E-state index contributed by atoms with van der Waals surface area (Å²) in [6.45, 7) is 4.54. The molecule has 0 spiro atoms. The van der Waals surface area contributed by atoms with E-state index in [0.29, 0.717) is 30.8 Å². The number of esters is 1. The van der Waals surface area contributed by atoms with Gasteiger partial charge in [0.15, 0.2) is 4.21 Å². The number of carbonyl (C=O) groups is 2. The second-order valence-corrected chi connectivity index (χ2v) is 11.6. The lowest BCUT2D eigenvalue weighted by atomic mass is 9.92. The van der Waals surface area contributed by atoms with Crippen molar-refractivity contribution in [1.82, 2.24) is 4.90 Å². The molecule has 1 aromatic heterocycles. The number of allylic oxidation sites excluding steroid dienone is 2. The lowest BCUT2D eigenvalue weighted by molar-refractivity contribution is -0.136. The smallest absolute Gasteiger partial charge is 0.340 e. The van der Waals surface area contributed by atoms with Crippen molar-refractivity contribution in [1.29, 1.82) is 0 Å². The van der Waals surface area contributed by atoms with Crippen LogP contribution in [-0.4, -0.2) is 38.8 Å². The van der Waals surface area contributed by atoms with Gasteiger partial charge in [-0.2, -0.15) is 0 Å². The number of hydrogen-bond acceptors (Lipinski definition) is 6. The summed E-state index contributed by atoms with van der Waals surface area (Å²) in [5.74, 6) is -0.618. The fourth-order valence-corrected chi connectivity index (χ4v) is 7.52. The Morgan fingerprint density at radius 3 is 2.52 bits per heavy atom. The first kappa shape index (κ1) is 23.5. The Balaban J connectivity index is 1.67. The van der Waals surface area contributed by atoms with Gasteiger partial charge in [0, 0.05) is 23.0 Å². The zero-order valence-electron chi connectivity index (χ0n) is 19.0. The number of methoxy groups -OCH3 is 1. The van der Waals surface area contributed by atoms with Gasteiger partial charge in [0.25, 0.3) is 10.0 Å². The first-order valence-electron chi connectivity index (χ1n) is 11.0. The minimum absolute atomic E-state index is 0.0361. The van der Waals surface area contributed by atoms with Crippen molar-refractivity contribution in [3.63, 3.8) is 0 Å². The highest BCUT2D eigenvalue weighted by molar-refractivity contribution is 7.94. The van der Waals surface area contributed by atoms with Crippen LogP contribution >= 0.6 is 11.3 Å². The van der Waals surface area contributed by atoms with E-state index in [4.69, 9.17) is 4.74 Å². The zero-order chi connectivity index (χ0) is 23.8. The Labute approximate surface area is 198 Å². The van der Waals surface area contributed by atoms with Gasteiger partial charge in [-0.3, -0.25) is 9.52 Å². The molecule has 1 atom stereocenters. The molecule has 1 aromatic carbocycles. The van der Waals surface area contributed by atoms with Gasteiger partial charge in [-0.15, -0.1) is 11.3 Å². The van der Waals surface area contributed by atoms with E-state index in [0.717, 1.165) is 46.6 Å². The Hall–Kier alpha value is -2.65. The Morgan fingerprint density at radius 1 is 1.15 bits per heavy atom. The van der Waals surface area contributed by atoms with Crippen LogP contribution < -0.4 is 4.72 Å². The molecule has 176 valence electrons. The summed E-state index contributed by atoms with van der Waals surface area (Å²) in [6, 6.07) is 5.44. The zero-order valence-corrected chi connectivity index (χ0v) is 20.6. The standard InChI is InChI=1S/C24H28N2O5S2/c1-15-11-16(2)13-18(12-15)25-33(29,30)24-21(23(28)31-3)19-9-10-26(14-20(19)32-24)22(27)17-7-5-4-6-8-17/h4-5,11-13,17,25H,6-10,14H2,1-3H3. The molecular weight excluding hydrogens is 460 g/mol. The third kappa shape index (κ3) is 4.84. The van der Waals surface area contributed by atoms with Crippen LogP contribution in [0.25, 0.3) is 0 Å². The number of thiophene rings is 1. The van der Waals surface area contributed by atoms with Crippen molar-refractivity contribution in [3.05, 3.63) is 57.5 Å². The maximum Gasteiger partial charge on any atom is 0.340 e. The molecule has 1 aliphatic heterocycles. The van der Waals surface area contributed by atoms with E-state index in [-0.39, 0.29) is 21.6 Å². The lowest BCUT2D eigenvalue weighted by Gasteiger charge is -2.31. The van der Waals surface area contributed by atoms with Crippen LogP contribution in [0.2, 0.25) is 0 Å². The fourth-order valence-electron chi connectivity index (χ4n) is 4.58. The number of carbonyl (C=O) groups excluding carboxylic acids is 2. The van der Waals surface area contributed by atoms with E-state index in [1.165, 1.54) is 7.11 Å². The van der Waals surface area contributed by atoms with Crippen LogP contribution in [0.3, 0.4) is 0 Å². The second kappa shape index (κ2) is 9.30. The van der Waals surface area contributed by atoms with Gasteiger partial charge in [-0.25, -0.2) is 13.2 Å². The van der Waals surface area contributed by atoms with E-state index in [9.17, 15) is 18.0 Å². The maximum atomic E-state index is 13.3. The highest BCUT2D eigenvalue weighted by atomic mass is 32.2. The summed E-state index contributed by atoms with van der Waals surface area (Å²) in [4.78, 5) is 28.2. The van der Waals surface area contributed by atoms with Gasteiger partial charge < -0.3 is 9.64 Å². The van der Waals surface area contributed by atoms with E-state index < -0.39 is 16.0 Å². The predicted molar refractivity (Wildman–Crippen MR) is 128 cm³/mol. The topological polar surface area (TPSA) is 92.8 Å². The quantitative estimate of drug-likeness (QED) is 0.503. The highest BCUT2D eigenvalue weighted by Gasteiger charge is 2.36. The number of rotatable bonds is 5. The largest absolute Gasteiger partial charge is 0.465 e. The van der Waals surface area contributed by atoms with Crippen molar-refractivity contribution >= 4 is 38.9 Å². The summed E-state index contributed by atoms with van der Waals surface area (Å²) in [5, 5.41) is 0. The van der Waals surface area contributed by atoms with Crippen molar-refractivity contribution in [3.8, 4) is 0 Å². The van der Waals surface area contributed by atoms with Gasteiger partial charge in [0.2, 0.25) is 5.91 Å². The van der Waals surface area contributed by atoms with Gasteiger partial charge >= 0.3 is 5.97 Å². The first-order valence-corrected chi connectivity index (χ1v) is 13.3. The molecule has 2 aromatic rings. The lowest BCUT2D eigenvalue weighted by Crippen LogP contribution is -2.39. The molecule has 0 radical (unpaired) electrons. The van der Waals surface area contributed by atoms with Gasteiger partial charge in [0.05, 0.1) is 19.2 Å². The maximum absolute atomic E-state index is 13.3. The number of sulfonamides is 1. The molecule has 0 saturated carbocycles. The van der Waals surface area contributed by atoms with E-state index >= 15 is 0 Å². The number of ether oxygens (including phenoxy) is 1. The van der Waals surface area contributed by atoms with Gasteiger partial charge in [0.1, 0.15) is 0 Å². The molecule has 2 aliphatic rings. The van der Waals surface area contributed by atoms with Crippen molar-refractivity contribution in [2.45, 2.75) is 50.3 Å². The number of benzene rings is 1. The van der Waals surface area contributed by atoms with E-state index in [1.54, 1.807) is 17.0 Å². The minimum atomic E-state index is -4.03. The Kier molecular flexibility index (Phi) is 6.63. The highest BCUT2D eigenvalue weighted by Crippen LogP contribution is 2.38. The predicted octanol–water partition coefficient (Wildman–Crippen LogP) is 4.19. The first-order chi connectivity index (χ1) is 15.7. The summed E-state index contributed by atoms with van der Waals surface area (Å²) >= 11 is 1.05. The average molecular weight is 489 g/mol. The van der Waals surface area contributed by atoms with Crippen LogP contribution in [0.5, 0.6) is 0 Å². The molecular formula is C24H28N2O5S2. The molecule has 1 amide bonds. The molecule has 0 saturated heterocycles. The average Bonchev–Trinajstić information content (AvgIpc) is 3.17. The fraction of sp³-hybridized carbons (Fsp3) is 0.417.